The zero-order valence-electron chi connectivity index (χ0n) is 12.7. The minimum Gasteiger partial charge on any atom is -0.383 e. The summed E-state index contributed by atoms with van der Waals surface area (Å²) in [6.07, 6.45) is 6.44. The molecule has 3 rings (SSSR count). The molecule has 0 bridgehead atoms. The lowest BCUT2D eigenvalue weighted by atomic mass is 9.89. The lowest BCUT2D eigenvalue weighted by Gasteiger charge is -2.21. The monoisotopic (exact) mass is 347 g/mol. The zero-order valence-corrected chi connectivity index (χ0v) is 14.3. The summed E-state index contributed by atoms with van der Waals surface area (Å²) in [6.45, 7) is 2.09. The van der Waals surface area contributed by atoms with E-state index in [2.05, 4.69) is 45.6 Å². The molecule has 1 aliphatic rings. The fourth-order valence-corrected chi connectivity index (χ4v) is 3.95. The number of aryl methyl sites for hydroxylation is 1. The summed E-state index contributed by atoms with van der Waals surface area (Å²) in [5, 5.41) is 0. The highest BCUT2D eigenvalue weighted by Gasteiger charge is 2.23. The Balaban J connectivity index is 2.03. The molecule has 0 atom stereocenters. The van der Waals surface area contributed by atoms with Crippen molar-refractivity contribution in [1.29, 1.82) is 0 Å². The Morgan fingerprint density at radius 3 is 2.62 bits per heavy atom. The molecule has 1 saturated carbocycles. The first-order valence-corrected chi connectivity index (χ1v) is 8.46. The summed E-state index contributed by atoms with van der Waals surface area (Å²) >= 11 is 3.64. The van der Waals surface area contributed by atoms with E-state index < -0.39 is 0 Å². The van der Waals surface area contributed by atoms with E-state index in [4.69, 9.17) is 10.7 Å². The number of nitrogen functional groups attached to an aromatic ring is 1. The highest BCUT2D eigenvalue weighted by Crippen LogP contribution is 2.37. The van der Waals surface area contributed by atoms with E-state index in [0.717, 1.165) is 27.4 Å². The second-order valence-corrected chi connectivity index (χ2v) is 6.94. The van der Waals surface area contributed by atoms with Crippen LogP contribution in [-0.2, 0) is 7.05 Å². The van der Waals surface area contributed by atoms with Gasteiger partial charge in [0.15, 0.2) is 0 Å². The van der Waals surface area contributed by atoms with Crippen LogP contribution in [0.1, 0.15) is 49.4 Å². The number of anilines is 1. The molecule has 0 unspecified atom stereocenters. The summed E-state index contributed by atoms with van der Waals surface area (Å²) in [5.74, 6) is 2.47. The van der Waals surface area contributed by atoms with Gasteiger partial charge < -0.3 is 10.3 Å². The number of halogens is 1. The zero-order chi connectivity index (χ0) is 15.0. The van der Waals surface area contributed by atoms with Crippen LogP contribution in [0.2, 0.25) is 0 Å². The van der Waals surface area contributed by atoms with Gasteiger partial charge in [-0.15, -0.1) is 0 Å². The fraction of sp³-hybridized carbons (Fsp3) is 0.471. The Hall–Kier alpha value is -1.29. The number of hydrogen-bond acceptors (Lipinski definition) is 2. The van der Waals surface area contributed by atoms with Gasteiger partial charge in [-0.1, -0.05) is 47.3 Å². The van der Waals surface area contributed by atoms with Crippen LogP contribution in [-0.4, -0.2) is 9.55 Å². The molecule has 21 heavy (non-hydrogen) atoms. The first-order valence-electron chi connectivity index (χ1n) is 7.66. The maximum absolute atomic E-state index is 6.33. The molecule has 3 nitrogen and oxygen atoms in total. The molecule has 0 amide bonds. The van der Waals surface area contributed by atoms with Crippen molar-refractivity contribution in [2.75, 3.05) is 5.73 Å². The fourth-order valence-electron chi connectivity index (χ4n) is 3.27. The van der Waals surface area contributed by atoms with E-state index in [1.165, 1.54) is 37.7 Å². The summed E-state index contributed by atoms with van der Waals surface area (Å²) < 4.78 is 3.14. The normalized spacial score (nSPS) is 16.3. The summed E-state index contributed by atoms with van der Waals surface area (Å²) in [6, 6.07) is 6.32. The number of hydrogen-bond donors (Lipinski definition) is 1. The molecular formula is C17H22BrN3. The van der Waals surface area contributed by atoms with E-state index >= 15 is 0 Å². The molecular weight excluding hydrogens is 326 g/mol. The first-order chi connectivity index (χ1) is 10.1. The van der Waals surface area contributed by atoms with Gasteiger partial charge in [0.05, 0.1) is 0 Å². The van der Waals surface area contributed by atoms with Crippen molar-refractivity contribution < 1.29 is 0 Å². The Kier molecular flexibility index (Phi) is 4.07. The van der Waals surface area contributed by atoms with Gasteiger partial charge in [0.2, 0.25) is 0 Å². The molecule has 1 fully saturated rings. The largest absolute Gasteiger partial charge is 0.383 e. The second kappa shape index (κ2) is 5.84. The van der Waals surface area contributed by atoms with Crippen LogP contribution in [0, 0.1) is 6.92 Å². The topological polar surface area (TPSA) is 43.8 Å². The average Bonchev–Trinajstić information content (AvgIpc) is 2.77. The number of nitrogens with two attached hydrogens (primary N) is 1. The molecule has 1 aromatic carbocycles. The van der Waals surface area contributed by atoms with Crippen LogP contribution in [0.4, 0.5) is 5.82 Å². The van der Waals surface area contributed by atoms with Gasteiger partial charge in [-0.05, 0) is 31.4 Å². The first kappa shape index (κ1) is 14.6. The highest BCUT2D eigenvalue weighted by atomic mass is 79.9. The quantitative estimate of drug-likeness (QED) is 0.848. The molecule has 4 heteroatoms. The minimum atomic E-state index is 0.559. The van der Waals surface area contributed by atoms with E-state index in [1.54, 1.807) is 0 Å². The Bertz CT molecular complexity index is 654. The maximum atomic E-state index is 6.33. The van der Waals surface area contributed by atoms with Gasteiger partial charge in [-0.25, -0.2) is 4.98 Å². The van der Waals surface area contributed by atoms with Gasteiger partial charge >= 0.3 is 0 Å². The molecule has 0 aliphatic heterocycles. The third-order valence-corrected chi connectivity index (χ3v) is 5.18. The molecule has 0 saturated heterocycles. The lowest BCUT2D eigenvalue weighted by Crippen LogP contribution is -2.11. The van der Waals surface area contributed by atoms with Crippen LogP contribution in [0.15, 0.2) is 22.7 Å². The predicted molar refractivity (Wildman–Crippen MR) is 91.3 cm³/mol. The van der Waals surface area contributed by atoms with Crippen molar-refractivity contribution in [3.8, 4) is 11.3 Å². The van der Waals surface area contributed by atoms with E-state index in [1.807, 2.05) is 7.05 Å². The Morgan fingerprint density at radius 2 is 1.95 bits per heavy atom. The molecule has 2 aromatic rings. The second-order valence-electron chi connectivity index (χ2n) is 6.08. The number of rotatable bonds is 2. The molecule has 1 aromatic heterocycles. The van der Waals surface area contributed by atoms with Crippen LogP contribution in [0.25, 0.3) is 11.3 Å². The van der Waals surface area contributed by atoms with Crippen molar-refractivity contribution in [3.05, 3.63) is 34.1 Å². The molecule has 1 heterocycles. The van der Waals surface area contributed by atoms with E-state index in [0.29, 0.717) is 5.92 Å². The summed E-state index contributed by atoms with van der Waals surface area (Å²) in [5.41, 5.74) is 9.54. The highest BCUT2D eigenvalue weighted by molar-refractivity contribution is 9.10. The van der Waals surface area contributed by atoms with Crippen molar-refractivity contribution in [1.82, 2.24) is 9.55 Å². The van der Waals surface area contributed by atoms with Gasteiger partial charge in [-0.2, -0.15) is 0 Å². The van der Waals surface area contributed by atoms with E-state index in [-0.39, 0.29) is 0 Å². The van der Waals surface area contributed by atoms with Crippen LogP contribution in [0.3, 0.4) is 0 Å². The Morgan fingerprint density at radius 1 is 1.24 bits per heavy atom. The molecule has 112 valence electrons. The van der Waals surface area contributed by atoms with Crippen LogP contribution in [0.5, 0.6) is 0 Å². The smallest absolute Gasteiger partial charge is 0.131 e. The number of imidazole rings is 1. The average molecular weight is 348 g/mol. The van der Waals surface area contributed by atoms with Crippen molar-refractivity contribution in [3.63, 3.8) is 0 Å². The van der Waals surface area contributed by atoms with Gasteiger partial charge in [0.25, 0.3) is 0 Å². The lowest BCUT2D eigenvalue weighted by molar-refractivity contribution is 0.422. The number of aromatic nitrogens is 2. The van der Waals surface area contributed by atoms with E-state index in [9.17, 15) is 0 Å². The number of nitrogens with zero attached hydrogens (tertiary/aromatic N) is 2. The maximum Gasteiger partial charge on any atom is 0.131 e. The molecule has 0 spiro atoms. The van der Waals surface area contributed by atoms with Crippen molar-refractivity contribution in [2.45, 2.75) is 44.9 Å². The van der Waals surface area contributed by atoms with Crippen LogP contribution < -0.4 is 5.73 Å². The standard InChI is InChI=1S/C17H22BrN3/c1-11-8-9-13(14(18)10-11)15-16(19)21(2)17(20-15)12-6-4-3-5-7-12/h8-10,12H,3-7,19H2,1-2H3. The van der Waals surface area contributed by atoms with Crippen LogP contribution >= 0.6 is 15.9 Å². The Labute approximate surface area is 134 Å². The molecule has 1 aliphatic carbocycles. The SMILES string of the molecule is Cc1ccc(-c2nc(C3CCCCC3)n(C)c2N)c(Br)c1. The molecule has 2 N–H and O–H groups in total. The molecule has 0 radical (unpaired) electrons. The summed E-state index contributed by atoms with van der Waals surface area (Å²) in [4.78, 5) is 4.90. The van der Waals surface area contributed by atoms with Gasteiger partial charge in [0, 0.05) is 23.0 Å². The van der Waals surface area contributed by atoms with Gasteiger partial charge in [0.1, 0.15) is 17.3 Å². The third kappa shape index (κ3) is 2.73. The minimum absolute atomic E-state index is 0.559. The third-order valence-electron chi connectivity index (χ3n) is 4.52. The summed E-state index contributed by atoms with van der Waals surface area (Å²) in [7, 11) is 2.04. The number of benzene rings is 1. The van der Waals surface area contributed by atoms with Crippen molar-refractivity contribution >= 4 is 21.7 Å². The predicted octanol–water partition coefficient (Wildman–Crippen LogP) is 4.79. The van der Waals surface area contributed by atoms with Gasteiger partial charge in [-0.3, -0.25) is 0 Å². The van der Waals surface area contributed by atoms with Crippen molar-refractivity contribution in [2.24, 2.45) is 7.05 Å².